The van der Waals surface area contributed by atoms with Crippen LogP contribution in [0.15, 0.2) is 24.3 Å². The van der Waals surface area contributed by atoms with E-state index in [2.05, 4.69) is 0 Å². The van der Waals surface area contributed by atoms with E-state index < -0.39 is 0 Å². The highest BCUT2D eigenvalue weighted by Gasteiger charge is 2.33. The Morgan fingerprint density at radius 1 is 1.48 bits per heavy atom. The molecule has 1 saturated carbocycles. The second-order valence-corrected chi connectivity index (χ2v) is 5.60. The number of carbonyl (C=O) groups excluding carboxylic acids is 1. The summed E-state index contributed by atoms with van der Waals surface area (Å²) in [5.74, 6) is 0.661. The van der Waals surface area contributed by atoms with Crippen molar-refractivity contribution in [2.75, 3.05) is 26.7 Å². The molecule has 0 heterocycles. The van der Waals surface area contributed by atoms with Gasteiger partial charge in [-0.25, -0.2) is 4.39 Å². The predicted octanol–water partition coefficient (Wildman–Crippen LogP) is 2.04. The highest BCUT2D eigenvalue weighted by atomic mass is 19.1. The molecular weight excluding hydrogens is 271 g/mol. The minimum absolute atomic E-state index is 0.0502. The van der Waals surface area contributed by atoms with Crippen LogP contribution in [0.3, 0.4) is 0 Å². The summed E-state index contributed by atoms with van der Waals surface area (Å²) in [7, 11) is 1.78. The Morgan fingerprint density at radius 2 is 2.29 bits per heavy atom. The summed E-state index contributed by atoms with van der Waals surface area (Å²) in [6, 6.07) is 6.01. The fourth-order valence-electron chi connectivity index (χ4n) is 2.89. The summed E-state index contributed by atoms with van der Waals surface area (Å²) in [4.78, 5) is 14.1. The first kappa shape index (κ1) is 15.8. The first-order chi connectivity index (χ1) is 10.1. The highest BCUT2D eigenvalue weighted by Crippen LogP contribution is 2.32. The molecule has 0 radical (unpaired) electrons. The number of rotatable bonds is 6. The highest BCUT2D eigenvalue weighted by molar-refractivity contribution is 5.79. The van der Waals surface area contributed by atoms with Gasteiger partial charge in [0.25, 0.3) is 0 Å². The maximum atomic E-state index is 13.0. The lowest BCUT2D eigenvalue weighted by molar-refractivity contribution is -0.135. The maximum absolute atomic E-state index is 13.0. The number of carbonyl (C=O) groups is 1. The SMILES string of the molecule is CN(CCOc1cccc(F)c1)C(=O)C1CCCC1CN. The van der Waals surface area contributed by atoms with Gasteiger partial charge in [-0.15, -0.1) is 0 Å². The fraction of sp³-hybridized carbons (Fsp3) is 0.562. The molecule has 0 saturated heterocycles. The summed E-state index contributed by atoms with van der Waals surface area (Å²) in [6.45, 7) is 1.42. The number of likely N-dealkylation sites (N-methyl/N-ethyl adjacent to an activating group) is 1. The molecule has 2 N–H and O–H groups in total. The van der Waals surface area contributed by atoms with Crippen molar-refractivity contribution in [3.63, 3.8) is 0 Å². The first-order valence-electron chi connectivity index (χ1n) is 7.45. The van der Waals surface area contributed by atoms with E-state index in [4.69, 9.17) is 10.5 Å². The van der Waals surface area contributed by atoms with Gasteiger partial charge in [0.2, 0.25) is 5.91 Å². The molecule has 1 aromatic rings. The number of hydrogen-bond acceptors (Lipinski definition) is 3. The van der Waals surface area contributed by atoms with Crippen LogP contribution in [0.25, 0.3) is 0 Å². The quantitative estimate of drug-likeness (QED) is 0.873. The Kier molecular flexibility index (Phi) is 5.56. The Bertz CT molecular complexity index is 481. The van der Waals surface area contributed by atoms with E-state index in [-0.39, 0.29) is 17.6 Å². The largest absolute Gasteiger partial charge is 0.492 e. The van der Waals surface area contributed by atoms with Gasteiger partial charge in [-0.2, -0.15) is 0 Å². The Hall–Kier alpha value is -1.62. The number of benzene rings is 1. The van der Waals surface area contributed by atoms with Crippen molar-refractivity contribution in [1.29, 1.82) is 0 Å². The van der Waals surface area contributed by atoms with Gasteiger partial charge in [0, 0.05) is 19.0 Å². The van der Waals surface area contributed by atoms with Crippen LogP contribution in [-0.2, 0) is 4.79 Å². The third kappa shape index (κ3) is 4.17. The summed E-state index contributed by atoms with van der Waals surface area (Å²) in [6.07, 6.45) is 3.04. The molecule has 0 aromatic heterocycles. The molecule has 2 rings (SSSR count). The van der Waals surface area contributed by atoms with Gasteiger partial charge in [-0.3, -0.25) is 4.79 Å². The molecule has 1 aliphatic rings. The molecule has 1 aromatic carbocycles. The standard InChI is InChI=1S/C16H23FN2O2/c1-19(16(20)15-7-2-4-12(15)11-18)8-9-21-14-6-3-5-13(17)10-14/h3,5-6,10,12,15H,2,4,7-9,11,18H2,1H3. The maximum Gasteiger partial charge on any atom is 0.225 e. The summed E-state index contributed by atoms with van der Waals surface area (Å²) in [5.41, 5.74) is 5.72. The monoisotopic (exact) mass is 294 g/mol. The molecule has 0 aliphatic heterocycles. The van der Waals surface area contributed by atoms with Gasteiger partial charge in [0.05, 0.1) is 6.54 Å². The zero-order valence-electron chi connectivity index (χ0n) is 12.4. The van der Waals surface area contributed by atoms with Crippen LogP contribution in [-0.4, -0.2) is 37.6 Å². The van der Waals surface area contributed by atoms with Crippen LogP contribution in [0, 0.1) is 17.7 Å². The molecule has 2 unspecified atom stereocenters. The fourth-order valence-corrected chi connectivity index (χ4v) is 2.89. The lowest BCUT2D eigenvalue weighted by Gasteiger charge is -2.24. The van der Waals surface area contributed by atoms with E-state index in [9.17, 15) is 9.18 Å². The molecule has 1 fully saturated rings. The van der Waals surface area contributed by atoms with Gasteiger partial charge in [0.1, 0.15) is 18.2 Å². The molecule has 1 aliphatic carbocycles. The minimum atomic E-state index is -0.325. The zero-order valence-corrected chi connectivity index (χ0v) is 12.4. The summed E-state index contributed by atoms with van der Waals surface area (Å²) in [5, 5.41) is 0. The van der Waals surface area contributed by atoms with Gasteiger partial charge >= 0.3 is 0 Å². The summed E-state index contributed by atoms with van der Waals surface area (Å²) >= 11 is 0. The van der Waals surface area contributed by atoms with Gasteiger partial charge in [-0.1, -0.05) is 12.5 Å². The van der Waals surface area contributed by atoms with Crippen molar-refractivity contribution in [3.05, 3.63) is 30.1 Å². The lowest BCUT2D eigenvalue weighted by Crippen LogP contribution is -2.38. The van der Waals surface area contributed by atoms with E-state index in [1.54, 1.807) is 24.1 Å². The number of nitrogens with zero attached hydrogens (tertiary/aromatic N) is 1. The smallest absolute Gasteiger partial charge is 0.225 e. The second-order valence-electron chi connectivity index (χ2n) is 5.60. The van der Waals surface area contributed by atoms with Gasteiger partial charge in [-0.05, 0) is 37.4 Å². The van der Waals surface area contributed by atoms with Crippen molar-refractivity contribution in [3.8, 4) is 5.75 Å². The number of nitrogens with two attached hydrogens (primary N) is 1. The third-order valence-electron chi connectivity index (χ3n) is 4.15. The zero-order chi connectivity index (χ0) is 15.2. The van der Waals surface area contributed by atoms with Crippen molar-refractivity contribution in [2.45, 2.75) is 19.3 Å². The van der Waals surface area contributed by atoms with E-state index in [0.29, 0.717) is 31.4 Å². The molecule has 21 heavy (non-hydrogen) atoms. The molecular formula is C16H23FN2O2. The van der Waals surface area contributed by atoms with Crippen LogP contribution in [0.2, 0.25) is 0 Å². The lowest BCUT2D eigenvalue weighted by atomic mass is 9.95. The van der Waals surface area contributed by atoms with Crippen LogP contribution >= 0.6 is 0 Å². The predicted molar refractivity (Wildman–Crippen MR) is 79.4 cm³/mol. The molecule has 0 spiro atoms. The van der Waals surface area contributed by atoms with Gasteiger partial charge in [0.15, 0.2) is 0 Å². The number of amides is 1. The molecule has 5 heteroatoms. The average Bonchev–Trinajstić information content (AvgIpc) is 2.94. The molecule has 116 valence electrons. The summed E-state index contributed by atoms with van der Waals surface area (Å²) < 4.78 is 18.5. The molecule has 0 bridgehead atoms. The normalized spacial score (nSPS) is 21.3. The van der Waals surface area contributed by atoms with Crippen molar-refractivity contribution < 1.29 is 13.9 Å². The molecule has 1 amide bonds. The topological polar surface area (TPSA) is 55.6 Å². The van der Waals surface area contributed by atoms with Crippen molar-refractivity contribution >= 4 is 5.91 Å². The van der Waals surface area contributed by atoms with Crippen molar-refractivity contribution in [1.82, 2.24) is 4.90 Å². The van der Waals surface area contributed by atoms with Crippen LogP contribution in [0.1, 0.15) is 19.3 Å². The van der Waals surface area contributed by atoms with Crippen LogP contribution < -0.4 is 10.5 Å². The van der Waals surface area contributed by atoms with E-state index in [1.165, 1.54) is 12.1 Å². The number of ether oxygens (including phenoxy) is 1. The van der Waals surface area contributed by atoms with Gasteiger partial charge < -0.3 is 15.4 Å². The first-order valence-corrected chi connectivity index (χ1v) is 7.45. The van der Waals surface area contributed by atoms with Crippen LogP contribution in [0.5, 0.6) is 5.75 Å². The Labute approximate surface area is 125 Å². The van der Waals surface area contributed by atoms with Crippen molar-refractivity contribution in [2.24, 2.45) is 17.6 Å². The van der Waals surface area contributed by atoms with E-state index in [1.807, 2.05) is 0 Å². The Morgan fingerprint density at radius 3 is 3.00 bits per heavy atom. The average molecular weight is 294 g/mol. The molecule has 2 atom stereocenters. The minimum Gasteiger partial charge on any atom is -0.492 e. The number of halogens is 1. The van der Waals surface area contributed by atoms with E-state index >= 15 is 0 Å². The number of hydrogen-bond donors (Lipinski definition) is 1. The van der Waals surface area contributed by atoms with E-state index in [0.717, 1.165) is 19.3 Å². The Balaban J connectivity index is 1.79. The molecule has 4 nitrogen and oxygen atoms in total. The second kappa shape index (κ2) is 7.41. The third-order valence-corrected chi connectivity index (χ3v) is 4.15. The van der Waals surface area contributed by atoms with Crippen LogP contribution in [0.4, 0.5) is 4.39 Å².